The van der Waals surface area contributed by atoms with Crippen molar-refractivity contribution < 1.29 is 19.2 Å². The number of esters is 1. The number of carbonyl (C=O) groups excluding carboxylic acids is 1. The number of cyclic esters (lactones) is 1. The summed E-state index contributed by atoms with van der Waals surface area (Å²) in [7, 11) is 0. The third-order valence-corrected chi connectivity index (χ3v) is 4.20. The van der Waals surface area contributed by atoms with Crippen molar-refractivity contribution in [2.45, 2.75) is 12.6 Å². The maximum absolute atomic E-state index is 12.3. The molecule has 0 fully saturated rings. The number of nitro groups is 1. The highest BCUT2D eigenvalue weighted by molar-refractivity contribution is 5.89. The van der Waals surface area contributed by atoms with Gasteiger partial charge in [0.2, 0.25) is 0 Å². The van der Waals surface area contributed by atoms with Crippen LogP contribution < -0.4 is 4.74 Å². The molecule has 0 saturated carbocycles. The minimum atomic E-state index is -0.590. The Kier molecular flexibility index (Phi) is 4.29. The molecule has 2 aromatic carbocycles. The fourth-order valence-electron chi connectivity index (χ4n) is 2.91. The standard InChI is InChI=1S/C19H15N3O5/c23-19-17-10-15(13-6-2-1-3-7-13)20-21(17)11-14(27-19)12-26-18-9-5-4-8-16(18)22(24)25/h1-10,14H,11-12H2. The molecule has 4 rings (SSSR count). The number of hydrogen-bond donors (Lipinski definition) is 0. The summed E-state index contributed by atoms with van der Waals surface area (Å²) in [5.41, 5.74) is 1.82. The van der Waals surface area contributed by atoms with Crippen LogP contribution in [0.3, 0.4) is 0 Å². The highest BCUT2D eigenvalue weighted by atomic mass is 16.6. The molecule has 0 radical (unpaired) electrons. The molecule has 0 amide bonds. The first-order valence-corrected chi connectivity index (χ1v) is 8.32. The molecular weight excluding hydrogens is 350 g/mol. The molecule has 0 N–H and O–H groups in total. The average molecular weight is 365 g/mol. The lowest BCUT2D eigenvalue weighted by Gasteiger charge is -2.23. The highest BCUT2D eigenvalue weighted by Crippen LogP contribution is 2.27. The van der Waals surface area contributed by atoms with Gasteiger partial charge in [0.05, 0.1) is 17.2 Å². The van der Waals surface area contributed by atoms with Gasteiger partial charge in [0, 0.05) is 11.6 Å². The average Bonchev–Trinajstić information content (AvgIpc) is 3.12. The molecule has 1 unspecified atom stereocenters. The van der Waals surface area contributed by atoms with Gasteiger partial charge < -0.3 is 9.47 Å². The summed E-state index contributed by atoms with van der Waals surface area (Å²) in [5, 5.41) is 15.5. The van der Waals surface area contributed by atoms with Crippen LogP contribution in [0.2, 0.25) is 0 Å². The molecule has 1 aromatic heterocycles. The van der Waals surface area contributed by atoms with Crippen LogP contribution in [0.5, 0.6) is 5.75 Å². The van der Waals surface area contributed by atoms with Gasteiger partial charge in [-0.2, -0.15) is 5.10 Å². The topological polar surface area (TPSA) is 96.5 Å². The Morgan fingerprint density at radius 3 is 2.70 bits per heavy atom. The van der Waals surface area contributed by atoms with Crippen molar-refractivity contribution in [3.05, 3.63) is 76.5 Å². The summed E-state index contributed by atoms with van der Waals surface area (Å²) in [6.45, 7) is 0.311. The van der Waals surface area contributed by atoms with Crippen molar-refractivity contribution in [1.82, 2.24) is 9.78 Å². The fraction of sp³-hybridized carbons (Fsp3) is 0.158. The predicted molar refractivity (Wildman–Crippen MR) is 95.5 cm³/mol. The van der Waals surface area contributed by atoms with Gasteiger partial charge in [-0.05, 0) is 12.1 Å². The molecule has 136 valence electrons. The van der Waals surface area contributed by atoms with Gasteiger partial charge in [0.25, 0.3) is 0 Å². The molecule has 27 heavy (non-hydrogen) atoms. The molecule has 3 aromatic rings. The summed E-state index contributed by atoms with van der Waals surface area (Å²) in [6.07, 6.45) is -0.590. The summed E-state index contributed by atoms with van der Waals surface area (Å²) in [5.74, 6) is -0.359. The Bertz CT molecular complexity index is 1000. The van der Waals surface area contributed by atoms with Crippen LogP contribution in [0.4, 0.5) is 5.69 Å². The number of hydrogen-bond acceptors (Lipinski definition) is 6. The third-order valence-electron chi connectivity index (χ3n) is 4.20. The molecule has 1 aliphatic rings. The summed E-state index contributed by atoms with van der Waals surface area (Å²) in [4.78, 5) is 22.8. The van der Waals surface area contributed by atoms with Crippen LogP contribution in [0.25, 0.3) is 11.3 Å². The van der Waals surface area contributed by atoms with E-state index in [0.717, 1.165) is 5.56 Å². The fourth-order valence-corrected chi connectivity index (χ4v) is 2.91. The summed E-state index contributed by atoms with van der Waals surface area (Å²) in [6, 6.07) is 17.3. The lowest BCUT2D eigenvalue weighted by molar-refractivity contribution is -0.385. The molecule has 1 aliphatic heterocycles. The van der Waals surface area contributed by atoms with Crippen LogP contribution in [-0.4, -0.2) is 33.4 Å². The van der Waals surface area contributed by atoms with Crippen molar-refractivity contribution >= 4 is 11.7 Å². The monoisotopic (exact) mass is 365 g/mol. The first-order valence-electron chi connectivity index (χ1n) is 8.32. The van der Waals surface area contributed by atoms with Crippen molar-refractivity contribution in [2.24, 2.45) is 0 Å². The maximum atomic E-state index is 12.3. The molecule has 0 bridgehead atoms. The Morgan fingerprint density at radius 2 is 1.93 bits per heavy atom. The number of aromatic nitrogens is 2. The van der Waals surface area contributed by atoms with Gasteiger partial charge in [0.15, 0.2) is 11.9 Å². The second-order valence-electron chi connectivity index (χ2n) is 6.03. The smallest absolute Gasteiger partial charge is 0.357 e. The largest absolute Gasteiger partial charge is 0.483 e. The van der Waals surface area contributed by atoms with E-state index in [1.807, 2.05) is 30.3 Å². The zero-order valence-electron chi connectivity index (χ0n) is 14.1. The Morgan fingerprint density at radius 1 is 1.19 bits per heavy atom. The number of ether oxygens (including phenoxy) is 2. The van der Waals surface area contributed by atoms with E-state index in [9.17, 15) is 14.9 Å². The third kappa shape index (κ3) is 3.37. The summed E-state index contributed by atoms with van der Waals surface area (Å²) >= 11 is 0. The SMILES string of the molecule is O=C1OC(COc2ccccc2[N+](=O)[O-])Cn2nc(-c3ccccc3)cc21. The van der Waals surface area contributed by atoms with Gasteiger partial charge in [-0.3, -0.25) is 14.8 Å². The van der Waals surface area contributed by atoms with E-state index in [1.165, 1.54) is 12.1 Å². The molecule has 2 heterocycles. The van der Waals surface area contributed by atoms with E-state index >= 15 is 0 Å². The van der Waals surface area contributed by atoms with Gasteiger partial charge in [-0.25, -0.2) is 4.79 Å². The van der Waals surface area contributed by atoms with E-state index < -0.39 is 17.0 Å². The summed E-state index contributed by atoms with van der Waals surface area (Å²) < 4.78 is 12.5. The first kappa shape index (κ1) is 16.8. The second-order valence-corrected chi connectivity index (χ2v) is 6.03. The van der Waals surface area contributed by atoms with Crippen molar-refractivity contribution in [3.63, 3.8) is 0 Å². The number of nitro benzene ring substituents is 1. The van der Waals surface area contributed by atoms with Crippen molar-refractivity contribution in [1.29, 1.82) is 0 Å². The molecule has 1 atom stereocenters. The van der Waals surface area contributed by atoms with Crippen LogP contribution >= 0.6 is 0 Å². The van der Waals surface area contributed by atoms with E-state index in [1.54, 1.807) is 22.9 Å². The van der Waals surface area contributed by atoms with E-state index in [0.29, 0.717) is 17.9 Å². The quantitative estimate of drug-likeness (QED) is 0.392. The molecule has 0 spiro atoms. The molecule has 8 nitrogen and oxygen atoms in total. The van der Waals surface area contributed by atoms with Crippen molar-refractivity contribution in [2.75, 3.05) is 6.61 Å². The predicted octanol–water partition coefficient (Wildman–Crippen LogP) is 3.08. The van der Waals surface area contributed by atoms with Crippen LogP contribution in [0.1, 0.15) is 10.5 Å². The second kappa shape index (κ2) is 6.91. The van der Waals surface area contributed by atoms with Crippen LogP contribution in [-0.2, 0) is 11.3 Å². The van der Waals surface area contributed by atoms with Gasteiger partial charge in [-0.1, -0.05) is 42.5 Å². The normalized spacial score (nSPS) is 15.7. The number of para-hydroxylation sites is 2. The van der Waals surface area contributed by atoms with E-state index in [-0.39, 0.29) is 18.0 Å². The minimum Gasteiger partial charge on any atom is -0.483 e. The van der Waals surface area contributed by atoms with Gasteiger partial charge in [0.1, 0.15) is 12.3 Å². The number of fused-ring (bicyclic) bond motifs is 1. The lowest BCUT2D eigenvalue weighted by Crippen LogP contribution is -2.36. The highest BCUT2D eigenvalue weighted by Gasteiger charge is 2.29. The molecule has 0 saturated heterocycles. The zero-order valence-corrected chi connectivity index (χ0v) is 14.1. The number of rotatable bonds is 5. The minimum absolute atomic E-state index is 0.00341. The Labute approximate surface area is 154 Å². The Balaban J connectivity index is 1.50. The van der Waals surface area contributed by atoms with Gasteiger partial charge >= 0.3 is 11.7 Å². The first-order chi connectivity index (χ1) is 13.1. The number of carbonyl (C=O) groups is 1. The van der Waals surface area contributed by atoms with E-state index in [4.69, 9.17) is 9.47 Å². The molecular formula is C19H15N3O5. The van der Waals surface area contributed by atoms with Crippen LogP contribution in [0, 0.1) is 10.1 Å². The van der Waals surface area contributed by atoms with Crippen LogP contribution in [0.15, 0.2) is 60.7 Å². The zero-order chi connectivity index (χ0) is 18.8. The lowest BCUT2D eigenvalue weighted by atomic mass is 10.1. The maximum Gasteiger partial charge on any atom is 0.357 e. The number of benzene rings is 2. The number of nitrogens with zero attached hydrogens (tertiary/aromatic N) is 3. The Hall–Kier alpha value is -3.68. The van der Waals surface area contributed by atoms with Crippen molar-refractivity contribution in [3.8, 4) is 17.0 Å². The van der Waals surface area contributed by atoms with E-state index in [2.05, 4.69) is 5.10 Å². The molecule has 8 heteroatoms. The molecule has 0 aliphatic carbocycles. The van der Waals surface area contributed by atoms with Gasteiger partial charge in [-0.15, -0.1) is 0 Å².